The van der Waals surface area contributed by atoms with Gasteiger partial charge in [0, 0.05) is 72.5 Å². The van der Waals surface area contributed by atoms with Gasteiger partial charge in [-0.1, -0.05) is 0 Å². The minimum Gasteiger partial charge on any atom is -0.506 e. The highest BCUT2D eigenvalue weighted by Crippen LogP contribution is 2.57. The van der Waals surface area contributed by atoms with E-state index in [2.05, 4.69) is 15.0 Å². The van der Waals surface area contributed by atoms with E-state index in [1.165, 1.54) is 46.0 Å². The standard InChI is InChI=1S/C13H19FNO3P.C10H15FNO3P.C9H13FNO4P/c1-8-11-10(7-17-13(2,3)18-11)9(6-15-8)12(14)19(4,5)16;1-6-9(14)8(5-13)7(4-12-6)10(11)16(2,3)15;1-5-8(13)7(4-12)6(3-11-5)9(10)16(2,14)15/h6,12H,7H2,1-5H3;4,10,13-14H,5H2,1-3H3;3,9,12-13H,4H2,1-2H3,(H,14,15). The maximum atomic E-state index is 14.3. The number of aromatic nitrogens is 3. The molecule has 0 amide bonds. The van der Waals surface area contributed by atoms with Crippen LogP contribution in [0.25, 0.3) is 0 Å². The summed E-state index contributed by atoms with van der Waals surface area (Å²) >= 11 is 0. The van der Waals surface area contributed by atoms with Crippen molar-refractivity contribution in [1.82, 2.24) is 15.0 Å². The molecule has 1 aliphatic heterocycles. The topological polar surface area (TPSA) is 209 Å². The first-order chi connectivity index (χ1) is 23.2. The first kappa shape index (κ1) is 44.3. The Morgan fingerprint density at radius 1 is 0.725 bits per heavy atom. The molecule has 0 bridgehead atoms. The molecule has 13 nitrogen and oxygen atoms in total. The minimum atomic E-state index is -3.98. The van der Waals surface area contributed by atoms with Gasteiger partial charge < -0.3 is 43.9 Å². The van der Waals surface area contributed by atoms with Crippen LogP contribution < -0.4 is 4.74 Å². The molecule has 0 saturated carbocycles. The third-order valence-electron chi connectivity index (χ3n) is 7.61. The molecule has 286 valence electrons. The predicted octanol–water partition coefficient (Wildman–Crippen LogP) is 7.26. The maximum Gasteiger partial charge on any atom is 0.235 e. The predicted molar refractivity (Wildman–Crippen MR) is 188 cm³/mol. The van der Waals surface area contributed by atoms with Gasteiger partial charge in [-0.2, -0.15) is 0 Å². The summed E-state index contributed by atoms with van der Waals surface area (Å²) in [4.78, 5) is 20.7. The number of fused-ring (bicyclic) bond motifs is 1. The molecule has 0 saturated heterocycles. The average molecular weight is 784 g/mol. The fraction of sp³-hybridized carbons (Fsp3) is 0.531. The molecular weight excluding hydrogens is 736 g/mol. The SMILES string of the molecule is Cc1ncc(C(F)P(C)(=O)O)c(CO)c1O.Cc1ncc(C(F)P(C)(C)=O)c(CO)c1O.Cc1ncc(C(F)P(C)(C)=O)c2c1OC(C)(C)OC2. The van der Waals surface area contributed by atoms with Crippen molar-refractivity contribution in [3.8, 4) is 17.2 Å². The summed E-state index contributed by atoms with van der Waals surface area (Å²) in [5.41, 5.74) is 1.85. The van der Waals surface area contributed by atoms with Crippen LogP contribution in [0.2, 0.25) is 0 Å². The van der Waals surface area contributed by atoms with Crippen molar-refractivity contribution >= 4 is 21.7 Å². The molecule has 5 N–H and O–H groups in total. The maximum absolute atomic E-state index is 14.3. The van der Waals surface area contributed by atoms with Gasteiger partial charge in [-0.15, -0.1) is 0 Å². The Morgan fingerprint density at radius 3 is 1.49 bits per heavy atom. The number of nitrogens with zero attached hydrogens (tertiary/aromatic N) is 3. The Morgan fingerprint density at radius 2 is 1.10 bits per heavy atom. The number of hydrogen-bond acceptors (Lipinski definition) is 12. The van der Waals surface area contributed by atoms with Gasteiger partial charge in [0.15, 0.2) is 11.8 Å². The van der Waals surface area contributed by atoms with Gasteiger partial charge >= 0.3 is 0 Å². The first-order valence-corrected chi connectivity index (χ1v) is 22.9. The zero-order valence-electron chi connectivity index (χ0n) is 30.2. The summed E-state index contributed by atoms with van der Waals surface area (Å²) in [5.74, 6) is -6.21. The summed E-state index contributed by atoms with van der Waals surface area (Å²) in [6.07, 6.45) is 3.70. The van der Waals surface area contributed by atoms with E-state index in [0.29, 0.717) is 28.3 Å². The third kappa shape index (κ3) is 11.1. The van der Waals surface area contributed by atoms with Crippen molar-refractivity contribution in [3.63, 3.8) is 0 Å². The van der Waals surface area contributed by atoms with Crippen LogP contribution in [0, 0.1) is 20.8 Å². The average Bonchev–Trinajstić information content (AvgIpc) is 3.02. The van der Waals surface area contributed by atoms with Gasteiger partial charge in [-0.05, 0) is 47.4 Å². The van der Waals surface area contributed by atoms with Gasteiger partial charge in [0.05, 0.1) is 36.9 Å². The van der Waals surface area contributed by atoms with Gasteiger partial charge in [-0.25, -0.2) is 13.2 Å². The third-order valence-corrected chi connectivity index (χ3v) is 11.5. The van der Waals surface area contributed by atoms with E-state index in [0.717, 1.165) is 12.9 Å². The number of aliphatic hydroxyl groups excluding tert-OH is 2. The number of aryl methyl sites for hydroxylation is 3. The first-order valence-electron chi connectivity index (χ1n) is 15.4. The number of aromatic hydroxyl groups is 2. The summed E-state index contributed by atoms with van der Waals surface area (Å²) in [6.45, 7) is 13.9. The molecule has 0 radical (unpaired) electrons. The molecule has 4 rings (SSSR count). The lowest BCUT2D eigenvalue weighted by molar-refractivity contribution is -0.181. The van der Waals surface area contributed by atoms with E-state index in [1.807, 2.05) is 0 Å². The second-order valence-electron chi connectivity index (χ2n) is 13.3. The number of aliphatic hydroxyl groups is 2. The van der Waals surface area contributed by atoms with Crippen LogP contribution in [0.5, 0.6) is 17.2 Å². The van der Waals surface area contributed by atoms with Gasteiger partial charge in [0.25, 0.3) is 0 Å². The molecule has 1 aliphatic rings. The summed E-state index contributed by atoms with van der Waals surface area (Å²) in [7, 11) is -9.86. The van der Waals surface area contributed by atoms with Crippen LogP contribution >= 0.6 is 21.7 Å². The molecule has 3 aromatic rings. The summed E-state index contributed by atoms with van der Waals surface area (Å²) in [6, 6.07) is 0. The normalized spacial score (nSPS) is 16.9. The van der Waals surface area contributed by atoms with Crippen LogP contribution in [0.4, 0.5) is 13.2 Å². The zero-order valence-corrected chi connectivity index (χ0v) is 32.9. The van der Waals surface area contributed by atoms with E-state index in [1.54, 1.807) is 27.7 Å². The number of halogens is 3. The van der Waals surface area contributed by atoms with Crippen molar-refractivity contribution < 1.29 is 61.7 Å². The Kier molecular flexibility index (Phi) is 14.7. The fourth-order valence-corrected chi connectivity index (χ4v) is 7.18. The molecule has 0 spiro atoms. The lowest BCUT2D eigenvalue weighted by Crippen LogP contribution is -2.36. The Balaban J connectivity index is 0.000000267. The van der Waals surface area contributed by atoms with E-state index >= 15 is 0 Å². The molecule has 0 aromatic carbocycles. The minimum absolute atomic E-state index is 0.000988. The van der Waals surface area contributed by atoms with E-state index in [4.69, 9.17) is 24.6 Å². The van der Waals surface area contributed by atoms with Crippen LogP contribution in [-0.2, 0) is 38.3 Å². The van der Waals surface area contributed by atoms with Gasteiger partial charge in [0.1, 0.15) is 31.5 Å². The van der Waals surface area contributed by atoms with E-state index < -0.39 is 58.4 Å². The smallest absolute Gasteiger partial charge is 0.235 e. The molecule has 19 heteroatoms. The number of rotatable bonds is 8. The fourth-order valence-electron chi connectivity index (χ4n) is 4.66. The number of alkyl halides is 3. The summed E-state index contributed by atoms with van der Waals surface area (Å²) < 4.78 is 87.8. The van der Waals surface area contributed by atoms with Crippen LogP contribution in [-0.4, -0.2) is 79.4 Å². The van der Waals surface area contributed by atoms with E-state index in [-0.39, 0.29) is 46.1 Å². The highest BCUT2D eigenvalue weighted by atomic mass is 31.2. The molecule has 4 atom stereocenters. The lowest BCUT2D eigenvalue weighted by Gasteiger charge is -2.34. The molecule has 4 heterocycles. The Bertz CT molecular complexity index is 1780. The molecular formula is C32H47F3N3O10P3. The van der Waals surface area contributed by atoms with Crippen molar-refractivity contribution in [2.24, 2.45) is 0 Å². The second kappa shape index (κ2) is 16.9. The van der Waals surface area contributed by atoms with E-state index in [9.17, 15) is 37.1 Å². The Labute approximate surface area is 295 Å². The van der Waals surface area contributed by atoms with Crippen LogP contribution in [0.3, 0.4) is 0 Å². The van der Waals surface area contributed by atoms with Crippen molar-refractivity contribution in [2.75, 3.05) is 33.3 Å². The molecule has 0 aliphatic carbocycles. The highest BCUT2D eigenvalue weighted by Gasteiger charge is 2.35. The molecule has 4 unspecified atom stereocenters. The monoisotopic (exact) mass is 783 g/mol. The molecule has 51 heavy (non-hydrogen) atoms. The van der Waals surface area contributed by atoms with Crippen molar-refractivity contribution in [1.29, 1.82) is 0 Å². The van der Waals surface area contributed by atoms with Crippen molar-refractivity contribution in [3.05, 3.63) is 69.1 Å². The second-order valence-corrected chi connectivity index (χ2v) is 22.3. The van der Waals surface area contributed by atoms with Gasteiger partial charge in [-0.3, -0.25) is 19.5 Å². The number of ether oxygens (including phenoxy) is 2. The molecule has 0 fully saturated rings. The van der Waals surface area contributed by atoms with Crippen LogP contribution in [0.15, 0.2) is 18.6 Å². The largest absolute Gasteiger partial charge is 0.506 e. The number of pyridine rings is 3. The Hall–Kier alpha value is -2.83. The summed E-state index contributed by atoms with van der Waals surface area (Å²) in [5, 5.41) is 37.3. The van der Waals surface area contributed by atoms with Gasteiger partial charge in [0.2, 0.25) is 19.1 Å². The van der Waals surface area contributed by atoms with Crippen molar-refractivity contribution in [2.45, 2.75) is 78.0 Å². The highest BCUT2D eigenvalue weighted by molar-refractivity contribution is 7.62. The quantitative estimate of drug-likeness (QED) is 0.143. The van der Waals surface area contributed by atoms with Crippen LogP contribution in [0.1, 0.15) is 82.0 Å². The zero-order chi connectivity index (χ0) is 39.4. The number of hydrogen-bond donors (Lipinski definition) is 5. The lowest BCUT2D eigenvalue weighted by atomic mass is 10.1. The molecule has 3 aromatic heterocycles.